The Morgan fingerprint density at radius 1 is 1.65 bits per heavy atom. The van der Waals surface area contributed by atoms with Crippen molar-refractivity contribution in [2.45, 2.75) is 38.8 Å². The molecule has 5 nitrogen and oxygen atoms in total. The maximum Gasteiger partial charge on any atom is 0.407 e. The lowest BCUT2D eigenvalue weighted by Gasteiger charge is -2.22. The second-order valence-corrected chi connectivity index (χ2v) is 5.43. The smallest absolute Gasteiger partial charge is 0.407 e. The Morgan fingerprint density at radius 2 is 2.35 bits per heavy atom. The predicted octanol–water partition coefficient (Wildman–Crippen LogP) is 1.57. The van der Waals surface area contributed by atoms with E-state index in [2.05, 4.69) is 10.3 Å². The van der Waals surface area contributed by atoms with Crippen LogP contribution in [0.3, 0.4) is 0 Å². The van der Waals surface area contributed by atoms with E-state index in [0.717, 1.165) is 5.69 Å². The number of thiazole rings is 1. The zero-order chi connectivity index (χ0) is 12.9. The van der Waals surface area contributed by atoms with Gasteiger partial charge in [-0.1, -0.05) is 0 Å². The van der Waals surface area contributed by atoms with Crippen molar-refractivity contribution in [1.29, 1.82) is 0 Å². The lowest BCUT2D eigenvalue weighted by molar-refractivity contribution is 0.0482. The molecule has 0 spiro atoms. The fourth-order valence-electron chi connectivity index (χ4n) is 1.23. The van der Waals surface area contributed by atoms with Gasteiger partial charge in [-0.2, -0.15) is 0 Å². The Labute approximate surface area is 105 Å². The van der Waals surface area contributed by atoms with E-state index in [1.54, 1.807) is 26.3 Å². The minimum absolute atomic E-state index is 0.142. The monoisotopic (exact) mass is 258 g/mol. The Bertz CT molecular complexity index is 346. The van der Waals surface area contributed by atoms with Gasteiger partial charge in [-0.25, -0.2) is 9.78 Å². The molecular formula is C11H18N2O3S. The highest BCUT2D eigenvalue weighted by atomic mass is 32.1. The van der Waals surface area contributed by atoms with Crippen LogP contribution in [0, 0.1) is 0 Å². The summed E-state index contributed by atoms with van der Waals surface area (Å²) in [5, 5.41) is 13.7. The first-order valence-corrected chi connectivity index (χ1v) is 6.32. The van der Waals surface area contributed by atoms with E-state index in [1.807, 2.05) is 5.38 Å². The van der Waals surface area contributed by atoms with E-state index < -0.39 is 11.7 Å². The lowest BCUT2D eigenvalue weighted by atomic mass is 10.2. The second kappa shape index (κ2) is 5.97. The van der Waals surface area contributed by atoms with Crippen LogP contribution < -0.4 is 5.32 Å². The summed E-state index contributed by atoms with van der Waals surface area (Å²) in [5.74, 6) is 0. The molecule has 0 bridgehead atoms. The van der Waals surface area contributed by atoms with Gasteiger partial charge in [0.2, 0.25) is 0 Å². The van der Waals surface area contributed by atoms with Crippen molar-refractivity contribution in [3.63, 3.8) is 0 Å². The lowest BCUT2D eigenvalue weighted by Crippen LogP contribution is -2.42. The molecule has 0 radical (unpaired) electrons. The molecule has 1 heterocycles. The van der Waals surface area contributed by atoms with Crippen molar-refractivity contribution in [1.82, 2.24) is 10.3 Å². The molecule has 0 aromatic carbocycles. The number of aliphatic hydroxyl groups is 1. The quantitative estimate of drug-likeness (QED) is 0.860. The zero-order valence-corrected chi connectivity index (χ0v) is 11.1. The molecule has 2 N–H and O–H groups in total. The van der Waals surface area contributed by atoms with Gasteiger partial charge >= 0.3 is 6.09 Å². The summed E-state index contributed by atoms with van der Waals surface area (Å²) in [6, 6.07) is -0.369. The van der Waals surface area contributed by atoms with Crippen LogP contribution in [0.5, 0.6) is 0 Å². The van der Waals surface area contributed by atoms with Gasteiger partial charge in [0, 0.05) is 11.8 Å². The van der Waals surface area contributed by atoms with Gasteiger partial charge in [-0.05, 0) is 20.8 Å². The van der Waals surface area contributed by atoms with Gasteiger partial charge in [0.05, 0.1) is 23.9 Å². The summed E-state index contributed by atoms with van der Waals surface area (Å²) in [6.45, 7) is 5.24. The van der Waals surface area contributed by atoms with Crippen molar-refractivity contribution in [3.8, 4) is 0 Å². The average Bonchev–Trinajstić information content (AvgIpc) is 2.66. The molecule has 1 aromatic rings. The molecule has 6 heteroatoms. The Hall–Kier alpha value is -1.14. The van der Waals surface area contributed by atoms with Crippen LogP contribution in [0.2, 0.25) is 0 Å². The number of nitrogens with zero attached hydrogens (tertiary/aromatic N) is 1. The summed E-state index contributed by atoms with van der Waals surface area (Å²) in [6.07, 6.45) is -0.0223. The number of rotatable bonds is 4. The van der Waals surface area contributed by atoms with Gasteiger partial charge in [-0.15, -0.1) is 11.3 Å². The minimum atomic E-state index is -0.537. The SMILES string of the molecule is CC(C)(C)OC(=O)N[C@H](CO)Cc1cscn1. The maximum absolute atomic E-state index is 11.5. The number of aliphatic hydroxyl groups excluding tert-OH is 1. The molecule has 0 fully saturated rings. The number of carbonyl (C=O) groups excluding carboxylic acids is 1. The molecule has 1 rings (SSSR count). The van der Waals surface area contributed by atoms with Gasteiger partial charge in [-0.3, -0.25) is 0 Å². The highest BCUT2D eigenvalue weighted by Crippen LogP contribution is 2.08. The van der Waals surface area contributed by atoms with Crippen LogP contribution in [0.1, 0.15) is 26.5 Å². The molecule has 0 aliphatic carbocycles. The first-order valence-electron chi connectivity index (χ1n) is 5.38. The van der Waals surface area contributed by atoms with E-state index in [9.17, 15) is 9.90 Å². The first kappa shape index (κ1) is 13.9. The third-order valence-corrected chi connectivity index (χ3v) is 2.52. The largest absolute Gasteiger partial charge is 0.444 e. The molecule has 0 unspecified atom stereocenters. The number of amides is 1. The van der Waals surface area contributed by atoms with Crippen LogP contribution in [-0.2, 0) is 11.2 Å². The molecule has 96 valence electrons. The average molecular weight is 258 g/mol. The van der Waals surface area contributed by atoms with Gasteiger partial charge < -0.3 is 15.2 Å². The molecule has 1 atom stereocenters. The first-order chi connectivity index (χ1) is 7.90. The summed E-state index contributed by atoms with van der Waals surface area (Å²) < 4.78 is 5.11. The third-order valence-electron chi connectivity index (χ3n) is 1.88. The molecule has 1 amide bonds. The minimum Gasteiger partial charge on any atom is -0.444 e. The topological polar surface area (TPSA) is 71.5 Å². The van der Waals surface area contributed by atoms with Crippen molar-refractivity contribution in [2.75, 3.05) is 6.61 Å². The number of nitrogens with one attached hydrogen (secondary N) is 1. The Kier molecular flexibility index (Phi) is 4.89. The number of hydrogen-bond donors (Lipinski definition) is 2. The Balaban J connectivity index is 2.44. The second-order valence-electron chi connectivity index (χ2n) is 4.71. The number of carbonyl (C=O) groups is 1. The molecule has 0 saturated heterocycles. The Morgan fingerprint density at radius 3 is 2.82 bits per heavy atom. The van der Waals surface area contributed by atoms with Crippen LogP contribution in [-0.4, -0.2) is 34.4 Å². The molecular weight excluding hydrogens is 240 g/mol. The van der Waals surface area contributed by atoms with Crippen molar-refractivity contribution >= 4 is 17.4 Å². The van der Waals surface area contributed by atoms with Crippen LogP contribution in [0.4, 0.5) is 4.79 Å². The summed E-state index contributed by atoms with van der Waals surface area (Å²) in [7, 11) is 0. The molecule has 17 heavy (non-hydrogen) atoms. The summed E-state index contributed by atoms with van der Waals surface area (Å²) in [4.78, 5) is 15.6. The van der Waals surface area contributed by atoms with E-state index >= 15 is 0 Å². The highest BCUT2D eigenvalue weighted by molar-refractivity contribution is 7.07. The predicted molar refractivity (Wildman–Crippen MR) is 66.1 cm³/mol. The standard InChI is InChI=1S/C11H18N2O3S/c1-11(2,3)16-10(15)13-8(5-14)4-9-6-17-7-12-9/h6-8,14H,4-5H2,1-3H3,(H,13,15)/t8-/m0/s1. The van der Waals surface area contributed by atoms with Gasteiger partial charge in [0.15, 0.2) is 0 Å². The van der Waals surface area contributed by atoms with Crippen LogP contribution in [0.15, 0.2) is 10.9 Å². The van der Waals surface area contributed by atoms with Crippen molar-refractivity contribution < 1.29 is 14.6 Å². The number of alkyl carbamates (subject to hydrolysis) is 1. The molecule has 0 aliphatic rings. The van der Waals surface area contributed by atoms with Gasteiger partial charge in [0.1, 0.15) is 5.60 Å². The third kappa shape index (κ3) is 5.65. The van der Waals surface area contributed by atoms with E-state index in [-0.39, 0.29) is 12.6 Å². The summed E-state index contributed by atoms with van der Waals surface area (Å²) in [5.41, 5.74) is 2.03. The van der Waals surface area contributed by atoms with Gasteiger partial charge in [0.25, 0.3) is 0 Å². The maximum atomic E-state index is 11.5. The fraction of sp³-hybridized carbons (Fsp3) is 0.636. The van der Waals surface area contributed by atoms with E-state index in [1.165, 1.54) is 11.3 Å². The van der Waals surface area contributed by atoms with E-state index in [0.29, 0.717) is 6.42 Å². The zero-order valence-electron chi connectivity index (χ0n) is 10.3. The normalized spacial score (nSPS) is 13.2. The van der Waals surface area contributed by atoms with Crippen molar-refractivity contribution in [2.24, 2.45) is 0 Å². The number of aromatic nitrogens is 1. The van der Waals surface area contributed by atoms with Crippen LogP contribution >= 0.6 is 11.3 Å². The molecule has 1 aromatic heterocycles. The van der Waals surface area contributed by atoms with Crippen molar-refractivity contribution in [3.05, 3.63) is 16.6 Å². The highest BCUT2D eigenvalue weighted by Gasteiger charge is 2.19. The van der Waals surface area contributed by atoms with E-state index in [4.69, 9.17) is 4.74 Å². The summed E-state index contributed by atoms with van der Waals surface area (Å²) >= 11 is 1.48. The number of hydrogen-bond acceptors (Lipinski definition) is 5. The molecule has 0 aliphatic heterocycles. The molecule has 0 saturated carbocycles. The van der Waals surface area contributed by atoms with Crippen LogP contribution in [0.25, 0.3) is 0 Å². The number of ether oxygens (including phenoxy) is 1. The fourth-order valence-corrected chi connectivity index (χ4v) is 1.80.